The summed E-state index contributed by atoms with van der Waals surface area (Å²) >= 11 is 0. The van der Waals surface area contributed by atoms with Crippen molar-refractivity contribution in [3.63, 3.8) is 0 Å². The fourth-order valence-electron chi connectivity index (χ4n) is 2.48. The number of hydrogen-bond acceptors (Lipinski definition) is 5. The maximum absolute atomic E-state index is 11.0. The van der Waals surface area contributed by atoms with Gasteiger partial charge in [0.2, 0.25) is 0 Å². The fourth-order valence-corrected chi connectivity index (χ4v) is 2.48. The van der Waals surface area contributed by atoms with Crippen molar-refractivity contribution in [3.05, 3.63) is 28.3 Å². The van der Waals surface area contributed by atoms with Crippen molar-refractivity contribution in [1.82, 2.24) is 0 Å². The predicted molar refractivity (Wildman–Crippen MR) is 78.2 cm³/mol. The van der Waals surface area contributed by atoms with Crippen LogP contribution in [0.5, 0.6) is 5.75 Å². The molecular weight excluding hydrogens is 258 g/mol. The number of ether oxygens (including phenoxy) is 1. The number of anilines is 1. The van der Waals surface area contributed by atoms with Crippen molar-refractivity contribution in [2.24, 2.45) is 11.7 Å². The lowest BCUT2D eigenvalue weighted by molar-refractivity contribution is -0.385. The molecule has 1 aliphatic rings. The number of nitrogens with zero attached hydrogens (tertiary/aromatic N) is 2. The van der Waals surface area contributed by atoms with Crippen LogP contribution in [0.4, 0.5) is 11.4 Å². The molecule has 0 saturated heterocycles. The van der Waals surface area contributed by atoms with E-state index in [9.17, 15) is 10.1 Å². The van der Waals surface area contributed by atoms with E-state index < -0.39 is 4.92 Å². The monoisotopic (exact) mass is 279 g/mol. The Kier molecular flexibility index (Phi) is 4.44. The van der Waals surface area contributed by atoms with E-state index in [-0.39, 0.29) is 11.7 Å². The van der Waals surface area contributed by atoms with Crippen LogP contribution in [0, 0.1) is 16.0 Å². The first-order valence-corrected chi connectivity index (χ1v) is 6.92. The highest BCUT2D eigenvalue weighted by Gasteiger charge is 2.33. The highest BCUT2D eigenvalue weighted by atomic mass is 16.6. The SMILES string of the molecule is CCOc1cc(N(C)C(CN)C2CC2)ccc1[N+](=O)[O-]. The molecule has 1 saturated carbocycles. The van der Waals surface area contributed by atoms with Crippen molar-refractivity contribution in [2.75, 3.05) is 25.1 Å². The van der Waals surface area contributed by atoms with Gasteiger partial charge in [0.25, 0.3) is 0 Å². The van der Waals surface area contributed by atoms with E-state index in [0.29, 0.717) is 24.8 Å². The van der Waals surface area contributed by atoms with Crippen LogP contribution in [0.25, 0.3) is 0 Å². The molecule has 2 rings (SSSR count). The molecule has 1 atom stereocenters. The molecule has 20 heavy (non-hydrogen) atoms. The van der Waals surface area contributed by atoms with Crippen LogP contribution in [0.1, 0.15) is 19.8 Å². The molecule has 1 aliphatic carbocycles. The lowest BCUT2D eigenvalue weighted by Gasteiger charge is -2.29. The van der Waals surface area contributed by atoms with E-state index in [2.05, 4.69) is 4.90 Å². The zero-order valence-corrected chi connectivity index (χ0v) is 11.9. The third-order valence-corrected chi connectivity index (χ3v) is 3.75. The fraction of sp³-hybridized carbons (Fsp3) is 0.571. The second-order valence-electron chi connectivity index (χ2n) is 5.09. The van der Waals surface area contributed by atoms with Crippen molar-refractivity contribution in [2.45, 2.75) is 25.8 Å². The minimum Gasteiger partial charge on any atom is -0.487 e. The van der Waals surface area contributed by atoms with Crippen LogP contribution in [-0.4, -0.2) is 31.2 Å². The molecule has 0 aromatic heterocycles. The highest BCUT2D eigenvalue weighted by molar-refractivity contribution is 5.59. The van der Waals surface area contributed by atoms with E-state index in [4.69, 9.17) is 10.5 Å². The summed E-state index contributed by atoms with van der Waals surface area (Å²) in [5, 5.41) is 11.0. The quantitative estimate of drug-likeness (QED) is 0.611. The Morgan fingerprint density at radius 1 is 1.55 bits per heavy atom. The zero-order valence-electron chi connectivity index (χ0n) is 11.9. The van der Waals surface area contributed by atoms with Gasteiger partial charge in [-0.05, 0) is 31.7 Å². The molecule has 0 bridgehead atoms. The molecule has 0 heterocycles. The molecule has 1 aromatic carbocycles. The molecule has 6 nitrogen and oxygen atoms in total. The first-order chi connectivity index (χ1) is 9.58. The summed E-state index contributed by atoms with van der Waals surface area (Å²) in [5.41, 5.74) is 6.75. The topological polar surface area (TPSA) is 81.6 Å². The van der Waals surface area contributed by atoms with Gasteiger partial charge in [0, 0.05) is 37.5 Å². The summed E-state index contributed by atoms with van der Waals surface area (Å²) in [5.74, 6) is 0.948. The summed E-state index contributed by atoms with van der Waals surface area (Å²) < 4.78 is 5.38. The van der Waals surface area contributed by atoms with Crippen molar-refractivity contribution < 1.29 is 9.66 Å². The van der Waals surface area contributed by atoms with Crippen molar-refractivity contribution in [1.29, 1.82) is 0 Å². The largest absolute Gasteiger partial charge is 0.487 e. The number of nitro groups is 1. The Labute approximate surface area is 118 Å². The molecular formula is C14H21N3O3. The second kappa shape index (κ2) is 6.09. The van der Waals surface area contributed by atoms with Crippen molar-refractivity contribution in [3.8, 4) is 5.75 Å². The summed E-state index contributed by atoms with van der Waals surface area (Å²) in [6, 6.07) is 5.27. The van der Waals surface area contributed by atoms with Crippen LogP contribution >= 0.6 is 0 Å². The molecule has 2 N–H and O–H groups in total. The molecule has 0 aliphatic heterocycles. The van der Waals surface area contributed by atoms with Gasteiger partial charge < -0.3 is 15.4 Å². The first-order valence-electron chi connectivity index (χ1n) is 6.92. The average molecular weight is 279 g/mol. The van der Waals surface area contributed by atoms with E-state index in [0.717, 1.165) is 5.69 Å². The summed E-state index contributed by atoms with van der Waals surface area (Å²) in [6.45, 7) is 2.80. The van der Waals surface area contributed by atoms with Gasteiger partial charge in [-0.15, -0.1) is 0 Å². The third-order valence-electron chi connectivity index (χ3n) is 3.75. The minimum atomic E-state index is -0.421. The molecule has 6 heteroatoms. The van der Waals surface area contributed by atoms with Gasteiger partial charge in [-0.25, -0.2) is 0 Å². The standard InChI is InChI=1S/C14H21N3O3/c1-3-20-14-8-11(6-7-12(14)17(18)19)16(2)13(9-15)10-4-5-10/h6-8,10,13H,3-5,9,15H2,1-2H3. The molecule has 0 spiro atoms. The zero-order chi connectivity index (χ0) is 14.7. The third kappa shape index (κ3) is 3.01. The van der Waals surface area contributed by atoms with Gasteiger partial charge in [0.1, 0.15) is 0 Å². The normalized spacial score (nSPS) is 15.8. The molecule has 0 radical (unpaired) electrons. The minimum absolute atomic E-state index is 0.000259. The molecule has 0 amide bonds. The number of hydrogen-bond donors (Lipinski definition) is 1. The van der Waals surface area contributed by atoms with Crippen LogP contribution in [0.3, 0.4) is 0 Å². The molecule has 1 aromatic rings. The summed E-state index contributed by atoms with van der Waals surface area (Å²) in [4.78, 5) is 12.7. The molecule has 1 unspecified atom stereocenters. The molecule has 110 valence electrons. The van der Waals surface area contributed by atoms with Crippen LogP contribution in [0.2, 0.25) is 0 Å². The van der Waals surface area contributed by atoms with Gasteiger partial charge in [0.15, 0.2) is 5.75 Å². The maximum atomic E-state index is 11.0. The summed E-state index contributed by atoms with van der Waals surface area (Å²) in [7, 11) is 1.98. The van der Waals surface area contributed by atoms with Gasteiger partial charge in [0.05, 0.1) is 11.5 Å². The predicted octanol–water partition coefficient (Wildman–Crippen LogP) is 2.17. The van der Waals surface area contributed by atoms with Gasteiger partial charge in [-0.2, -0.15) is 0 Å². The number of benzene rings is 1. The van der Waals surface area contributed by atoms with E-state index in [1.165, 1.54) is 18.9 Å². The van der Waals surface area contributed by atoms with E-state index in [1.807, 2.05) is 14.0 Å². The second-order valence-corrected chi connectivity index (χ2v) is 5.09. The van der Waals surface area contributed by atoms with Gasteiger partial charge in [-0.1, -0.05) is 0 Å². The number of likely N-dealkylation sites (N-methyl/N-ethyl adjacent to an activating group) is 1. The van der Waals surface area contributed by atoms with Crippen molar-refractivity contribution >= 4 is 11.4 Å². The maximum Gasteiger partial charge on any atom is 0.311 e. The Hall–Kier alpha value is -1.82. The average Bonchev–Trinajstić information content (AvgIpc) is 3.24. The van der Waals surface area contributed by atoms with Gasteiger partial charge >= 0.3 is 5.69 Å². The summed E-state index contributed by atoms with van der Waals surface area (Å²) in [6.07, 6.45) is 2.41. The number of nitro benzene ring substituents is 1. The molecule has 1 fully saturated rings. The number of nitrogens with two attached hydrogens (primary N) is 1. The highest BCUT2D eigenvalue weighted by Crippen LogP contribution is 2.38. The Bertz CT molecular complexity index is 489. The lowest BCUT2D eigenvalue weighted by Crippen LogP contribution is -2.39. The Balaban J connectivity index is 2.27. The first kappa shape index (κ1) is 14.6. The van der Waals surface area contributed by atoms with Gasteiger partial charge in [-0.3, -0.25) is 10.1 Å². The smallest absolute Gasteiger partial charge is 0.311 e. The lowest BCUT2D eigenvalue weighted by atomic mass is 10.1. The van der Waals surface area contributed by atoms with E-state index >= 15 is 0 Å². The van der Waals surface area contributed by atoms with Crippen LogP contribution in [0.15, 0.2) is 18.2 Å². The Morgan fingerprint density at radius 2 is 2.25 bits per heavy atom. The van der Waals surface area contributed by atoms with E-state index in [1.54, 1.807) is 12.1 Å². The number of rotatable bonds is 7. The van der Waals surface area contributed by atoms with Crippen LogP contribution < -0.4 is 15.4 Å². The van der Waals surface area contributed by atoms with Crippen LogP contribution in [-0.2, 0) is 0 Å². The Morgan fingerprint density at radius 3 is 2.75 bits per heavy atom.